The number of rotatable bonds is 13. The first-order valence-electron chi connectivity index (χ1n) is 23.0. The van der Waals surface area contributed by atoms with E-state index in [0.717, 1.165) is 33.7 Å². The Hall–Kier alpha value is -6.66. The Morgan fingerprint density at radius 1 is 0.696 bits per heavy atom. The second-order valence-corrected chi connectivity index (χ2v) is 16.0. The summed E-state index contributed by atoms with van der Waals surface area (Å²) in [5, 5.41) is 2.92. The summed E-state index contributed by atoms with van der Waals surface area (Å²) in [4.78, 5) is 67.3. The van der Waals surface area contributed by atoms with E-state index >= 15 is 0 Å². The molecule has 1 saturated heterocycles. The molecular formula is C53H62N6O10. The van der Waals surface area contributed by atoms with Crippen LogP contribution in [0.15, 0.2) is 127 Å². The van der Waals surface area contributed by atoms with E-state index in [1.54, 1.807) is 53.5 Å². The largest absolute Gasteiger partial charge is 0.464 e. The molecule has 4 aromatic rings. The van der Waals surface area contributed by atoms with E-state index < -0.39 is 18.0 Å². The quantitative estimate of drug-likeness (QED) is 0.158. The number of amides is 2. The third-order valence-corrected chi connectivity index (χ3v) is 11.5. The minimum atomic E-state index is -0.563. The summed E-state index contributed by atoms with van der Waals surface area (Å²) in [6.45, 7) is 14.1. The van der Waals surface area contributed by atoms with E-state index in [-0.39, 0.29) is 36.2 Å². The zero-order chi connectivity index (χ0) is 48.8. The molecule has 6 rings (SSSR count). The van der Waals surface area contributed by atoms with E-state index in [9.17, 15) is 19.2 Å². The van der Waals surface area contributed by atoms with Crippen molar-refractivity contribution in [1.29, 1.82) is 0 Å². The van der Waals surface area contributed by atoms with Crippen LogP contribution >= 0.6 is 0 Å². The molecule has 0 bridgehead atoms. The van der Waals surface area contributed by atoms with Crippen LogP contribution in [0.5, 0.6) is 0 Å². The molecule has 2 aliphatic heterocycles. The van der Waals surface area contributed by atoms with Gasteiger partial charge in [0.15, 0.2) is 0 Å². The molecule has 2 aromatic heterocycles. The fourth-order valence-electron chi connectivity index (χ4n) is 7.89. The second kappa shape index (κ2) is 27.4. The third kappa shape index (κ3) is 15.2. The van der Waals surface area contributed by atoms with Gasteiger partial charge in [-0.2, -0.15) is 0 Å². The number of anilines is 1. The van der Waals surface area contributed by atoms with Crippen LogP contribution in [-0.4, -0.2) is 150 Å². The van der Waals surface area contributed by atoms with Gasteiger partial charge in [-0.25, -0.2) is 19.6 Å². The van der Waals surface area contributed by atoms with Crippen LogP contribution in [-0.2, 0) is 39.8 Å². The summed E-state index contributed by atoms with van der Waals surface area (Å²) >= 11 is 0. The number of pyridine rings is 2. The van der Waals surface area contributed by atoms with Crippen molar-refractivity contribution in [3.8, 4) is 0 Å². The number of carbonyl (C=O) groups excluding carboxylic acids is 4. The van der Waals surface area contributed by atoms with Crippen LogP contribution in [0.25, 0.3) is 6.08 Å². The standard InChI is InChI=1S/C53H62N6O10/c1-5-39-17-18-41-11-7-8-16-48(41)59(37-40(39)6-2)49(60)23-24-54-51(61)43-21-19-42(20-22-43)50(45-13-10-15-47(56-45)53(63)65-4)58-27-31-68-35-33-66-29-25-57(26-30-67-34-36-69-32-28-58)38-44-12-9-14-46(55-44)52(62)64-3/h5-22,50H,1-2,23-38H2,3-4H3,(H,54,61)/b18-17-,40-39-. The number of benzene rings is 2. The maximum absolute atomic E-state index is 13.8. The minimum Gasteiger partial charge on any atom is -0.464 e. The molecule has 16 heteroatoms. The number of methoxy groups -OCH3 is 2. The highest BCUT2D eigenvalue weighted by molar-refractivity contribution is 5.98. The van der Waals surface area contributed by atoms with Crippen LogP contribution in [0.1, 0.15) is 66.3 Å². The smallest absolute Gasteiger partial charge is 0.356 e. The van der Waals surface area contributed by atoms with Crippen LogP contribution in [0.3, 0.4) is 0 Å². The lowest BCUT2D eigenvalue weighted by Gasteiger charge is -2.32. The van der Waals surface area contributed by atoms with Gasteiger partial charge in [0.1, 0.15) is 11.4 Å². The van der Waals surface area contributed by atoms with Crippen molar-refractivity contribution in [2.24, 2.45) is 0 Å². The number of nitrogens with one attached hydrogen (secondary N) is 1. The van der Waals surface area contributed by atoms with Crippen LogP contribution in [0.4, 0.5) is 5.69 Å². The average molecular weight is 943 g/mol. The van der Waals surface area contributed by atoms with Gasteiger partial charge < -0.3 is 38.6 Å². The molecule has 69 heavy (non-hydrogen) atoms. The van der Waals surface area contributed by atoms with Crippen molar-refractivity contribution in [1.82, 2.24) is 25.1 Å². The number of esters is 2. The molecule has 2 aromatic carbocycles. The lowest BCUT2D eigenvalue weighted by Crippen LogP contribution is -2.37. The third-order valence-electron chi connectivity index (χ3n) is 11.5. The predicted molar refractivity (Wildman–Crippen MR) is 262 cm³/mol. The summed E-state index contributed by atoms with van der Waals surface area (Å²) < 4.78 is 34.0. The molecule has 0 radical (unpaired) electrons. The summed E-state index contributed by atoms with van der Waals surface area (Å²) in [7, 11) is 2.64. The number of carbonyl (C=O) groups is 4. The summed E-state index contributed by atoms with van der Waals surface area (Å²) in [6, 6.07) is 24.9. The highest BCUT2D eigenvalue weighted by atomic mass is 16.5. The van der Waals surface area contributed by atoms with Crippen molar-refractivity contribution >= 4 is 35.5 Å². The molecule has 0 aliphatic carbocycles. The molecular weight excluding hydrogens is 881 g/mol. The highest BCUT2D eigenvalue weighted by Crippen LogP contribution is 2.30. The first-order valence-corrected chi connectivity index (χ1v) is 23.0. The molecule has 0 spiro atoms. The number of aromatic nitrogens is 2. The number of hydrogen-bond acceptors (Lipinski definition) is 14. The maximum Gasteiger partial charge on any atom is 0.356 e. The van der Waals surface area contributed by atoms with Gasteiger partial charge in [-0.3, -0.25) is 19.4 Å². The van der Waals surface area contributed by atoms with E-state index in [1.807, 2.05) is 60.7 Å². The van der Waals surface area contributed by atoms with E-state index in [4.69, 9.17) is 33.4 Å². The zero-order valence-electron chi connectivity index (χ0n) is 39.5. The second-order valence-electron chi connectivity index (χ2n) is 16.0. The zero-order valence-corrected chi connectivity index (χ0v) is 39.5. The fraction of sp³-hybridized carbons (Fsp3) is 0.358. The number of nitrogens with zero attached hydrogens (tertiary/aromatic N) is 5. The van der Waals surface area contributed by atoms with Crippen LogP contribution < -0.4 is 10.2 Å². The number of allylic oxidation sites excluding steroid dienone is 3. The first-order chi connectivity index (χ1) is 33.7. The van der Waals surface area contributed by atoms with Gasteiger partial charge in [-0.05, 0) is 64.7 Å². The van der Waals surface area contributed by atoms with E-state index in [2.05, 4.69) is 33.3 Å². The van der Waals surface area contributed by atoms with Crippen molar-refractivity contribution in [2.45, 2.75) is 19.0 Å². The SMILES string of the molecule is C=CC1=C(\C=C)CN(C(=O)CCNC(=O)c2ccc(C(c3cccc(C(=O)OC)n3)N3CCOCCOCCN(Cc4cccc(C(=O)OC)n4)CCOCCOCC3)cc2)c2ccccc2/C=C\1. The fourth-order valence-corrected chi connectivity index (χ4v) is 7.89. The summed E-state index contributed by atoms with van der Waals surface area (Å²) in [5.41, 5.74) is 6.38. The molecule has 1 unspecified atom stereocenters. The van der Waals surface area contributed by atoms with Gasteiger partial charge in [0, 0.05) is 51.3 Å². The number of ether oxygens (including phenoxy) is 6. The lowest BCUT2D eigenvalue weighted by molar-refractivity contribution is -0.118. The molecule has 1 fully saturated rings. The summed E-state index contributed by atoms with van der Waals surface area (Å²) in [5.74, 6) is -1.53. The molecule has 364 valence electrons. The predicted octanol–water partition coefficient (Wildman–Crippen LogP) is 5.87. The van der Waals surface area contributed by atoms with Gasteiger partial charge in [-0.1, -0.05) is 79.9 Å². The van der Waals surface area contributed by atoms with Gasteiger partial charge in [0.05, 0.1) is 96.7 Å². The van der Waals surface area contributed by atoms with Crippen molar-refractivity contribution in [3.63, 3.8) is 0 Å². The molecule has 2 amide bonds. The Labute approximate surface area is 404 Å². The average Bonchev–Trinajstić information content (AvgIpc) is 3.37. The van der Waals surface area contributed by atoms with Crippen molar-refractivity contribution in [3.05, 3.63) is 167 Å². The minimum absolute atomic E-state index is 0.0735. The molecule has 1 atom stereocenters. The van der Waals surface area contributed by atoms with Crippen molar-refractivity contribution < 1.29 is 47.6 Å². The Morgan fingerprint density at radius 2 is 1.30 bits per heavy atom. The Bertz CT molecular complexity index is 2420. The van der Waals surface area contributed by atoms with Gasteiger partial charge >= 0.3 is 11.9 Å². The molecule has 1 N–H and O–H groups in total. The number of fused-ring (bicyclic) bond motifs is 1. The van der Waals surface area contributed by atoms with Crippen molar-refractivity contribution in [2.75, 3.05) is 111 Å². The molecule has 2 aliphatic rings. The molecule has 16 nitrogen and oxygen atoms in total. The van der Waals surface area contributed by atoms with Gasteiger partial charge in [0.25, 0.3) is 5.91 Å². The highest BCUT2D eigenvalue weighted by Gasteiger charge is 2.26. The van der Waals surface area contributed by atoms with Gasteiger partial charge in [-0.15, -0.1) is 0 Å². The topological polar surface area (TPSA) is 171 Å². The van der Waals surface area contributed by atoms with E-state index in [1.165, 1.54) is 14.2 Å². The molecule has 4 heterocycles. The van der Waals surface area contributed by atoms with Crippen LogP contribution in [0, 0.1) is 0 Å². The number of para-hydroxylation sites is 1. The Morgan fingerprint density at radius 3 is 1.93 bits per heavy atom. The Balaban J connectivity index is 1.11. The monoisotopic (exact) mass is 942 g/mol. The van der Waals surface area contributed by atoms with Crippen LogP contribution in [0.2, 0.25) is 0 Å². The number of hydrogen-bond donors (Lipinski definition) is 1. The summed E-state index contributed by atoms with van der Waals surface area (Å²) in [6.07, 6.45) is 7.50. The first kappa shape index (κ1) is 51.7. The lowest BCUT2D eigenvalue weighted by atomic mass is 9.99. The van der Waals surface area contributed by atoms with Gasteiger partial charge in [0.2, 0.25) is 5.91 Å². The van der Waals surface area contributed by atoms with E-state index in [0.29, 0.717) is 103 Å². The molecule has 0 saturated carbocycles. The maximum atomic E-state index is 13.8. The normalized spacial score (nSPS) is 18.1. The Kier molecular flexibility index (Phi) is 20.5.